The molecule has 146 valence electrons. The molecule has 1 atom stereocenters. The number of hydrogen-bond acceptors (Lipinski definition) is 5. The first-order valence-electron chi connectivity index (χ1n) is 9.15. The molecule has 0 bridgehead atoms. The van der Waals surface area contributed by atoms with Crippen molar-refractivity contribution in [3.05, 3.63) is 79.0 Å². The number of halogens is 1. The first kappa shape index (κ1) is 18.8. The highest BCUT2D eigenvalue weighted by Crippen LogP contribution is 2.33. The molecule has 29 heavy (non-hydrogen) atoms. The van der Waals surface area contributed by atoms with Crippen molar-refractivity contribution >= 4 is 0 Å². The third-order valence-electron chi connectivity index (χ3n) is 4.48. The predicted octanol–water partition coefficient (Wildman–Crippen LogP) is 4.49. The summed E-state index contributed by atoms with van der Waals surface area (Å²) in [6.45, 7) is 1.81. The van der Waals surface area contributed by atoms with E-state index >= 15 is 0 Å². The van der Waals surface area contributed by atoms with E-state index in [0.717, 1.165) is 5.56 Å². The van der Waals surface area contributed by atoms with Crippen LogP contribution in [0.25, 0.3) is 22.6 Å². The smallest absolute Gasteiger partial charge is 0.322 e. The Morgan fingerprint density at radius 3 is 2.52 bits per heavy atom. The number of aliphatic hydroxyl groups is 1. The average Bonchev–Trinajstić information content (AvgIpc) is 3.20. The Labute approximate surface area is 167 Å². The maximum Gasteiger partial charge on any atom is 0.322 e. The number of para-hydroxylation sites is 1. The molecule has 0 spiro atoms. The molecule has 0 aliphatic heterocycles. The zero-order valence-corrected chi connectivity index (χ0v) is 15.7. The quantitative estimate of drug-likeness (QED) is 0.525. The molecule has 1 N–H and O–H groups in total. The van der Waals surface area contributed by atoms with Gasteiger partial charge < -0.3 is 14.4 Å². The Morgan fingerprint density at radius 2 is 1.79 bits per heavy atom. The van der Waals surface area contributed by atoms with Crippen molar-refractivity contribution in [2.24, 2.45) is 0 Å². The number of nitrogens with zero attached hydrogens (tertiary/aromatic N) is 4. The van der Waals surface area contributed by atoms with Crippen LogP contribution in [0.3, 0.4) is 0 Å². The fraction of sp³-hybridized carbons (Fsp3) is 0.136. The Hall–Kier alpha value is -3.58. The van der Waals surface area contributed by atoms with Crippen LogP contribution in [0.4, 0.5) is 4.39 Å². The average molecular weight is 390 g/mol. The third-order valence-corrected chi connectivity index (χ3v) is 4.48. The van der Waals surface area contributed by atoms with Crippen LogP contribution in [0.5, 0.6) is 11.8 Å². The van der Waals surface area contributed by atoms with Gasteiger partial charge in [-0.15, -0.1) is 0 Å². The van der Waals surface area contributed by atoms with Gasteiger partial charge in [-0.1, -0.05) is 18.2 Å². The molecule has 4 aromatic rings. The van der Waals surface area contributed by atoms with Gasteiger partial charge >= 0.3 is 6.01 Å². The van der Waals surface area contributed by atoms with Gasteiger partial charge in [-0.05, 0) is 49.4 Å². The van der Waals surface area contributed by atoms with Gasteiger partial charge in [-0.25, -0.2) is 14.4 Å². The van der Waals surface area contributed by atoms with E-state index in [0.29, 0.717) is 22.8 Å². The molecule has 6 nitrogen and oxygen atoms in total. The fourth-order valence-corrected chi connectivity index (χ4v) is 2.97. The Bertz CT molecular complexity index is 1100. The monoisotopic (exact) mass is 390 g/mol. The van der Waals surface area contributed by atoms with E-state index in [-0.39, 0.29) is 24.5 Å². The molecule has 4 rings (SSSR count). The highest BCUT2D eigenvalue weighted by atomic mass is 19.1. The molecule has 0 saturated heterocycles. The summed E-state index contributed by atoms with van der Waals surface area (Å²) >= 11 is 0. The molecular weight excluding hydrogens is 371 g/mol. The van der Waals surface area contributed by atoms with E-state index in [4.69, 9.17) is 4.74 Å². The van der Waals surface area contributed by atoms with E-state index in [2.05, 4.69) is 15.0 Å². The van der Waals surface area contributed by atoms with Crippen molar-refractivity contribution in [3.63, 3.8) is 0 Å². The van der Waals surface area contributed by atoms with Crippen LogP contribution in [-0.4, -0.2) is 31.2 Å². The second kappa shape index (κ2) is 8.20. The third kappa shape index (κ3) is 4.00. The number of ether oxygens (including phenoxy) is 1. The fourth-order valence-electron chi connectivity index (χ4n) is 2.97. The summed E-state index contributed by atoms with van der Waals surface area (Å²) in [5.74, 6) is 0.305. The van der Waals surface area contributed by atoms with Gasteiger partial charge in [0.1, 0.15) is 11.6 Å². The molecule has 0 aliphatic carbocycles. The number of aliphatic hydroxyl groups excluding tert-OH is 1. The lowest BCUT2D eigenvalue weighted by atomic mass is 10.1. The Balaban J connectivity index is 1.79. The maximum absolute atomic E-state index is 13.4. The SMILES string of the molecule is C[C@H](CO)n1cnc(-c2ccc(F)cc2)c1-c1ccnc(Oc2ccccc2)n1. The number of imidazole rings is 1. The molecule has 0 aliphatic rings. The predicted molar refractivity (Wildman–Crippen MR) is 107 cm³/mol. The lowest BCUT2D eigenvalue weighted by molar-refractivity contribution is 0.239. The van der Waals surface area contributed by atoms with Gasteiger partial charge in [0.25, 0.3) is 0 Å². The van der Waals surface area contributed by atoms with Crippen molar-refractivity contribution in [2.45, 2.75) is 13.0 Å². The van der Waals surface area contributed by atoms with Gasteiger partial charge in [-0.2, -0.15) is 4.98 Å². The molecule has 2 heterocycles. The van der Waals surface area contributed by atoms with Gasteiger partial charge in [-0.3, -0.25) is 0 Å². The molecule has 0 fully saturated rings. The highest BCUT2D eigenvalue weighted by Gasteiger charge is 2.20. The molecule has 2 aromatic heterocycles. The van der Waals surface area contributed by atoms with E-state index in [1.807, 2.05) is 41.8 Å². The first-order valence-corrected chi connectivity index (χ1v) is 9.15. The minimum Gasteiger partial charge on any atom is -0.424 e. The van der Waals surface area contributed by atoms with Crippen molar-refractivity contribution in [1.82, 2.24) is 19.5 Å². The summed E-state index contributed by atoms with van der Waals surface area (Å²) in [4.78, 5) is 13.2. The minimum atomic E-state index is -0.320. The van der Waals surface area contributed by atoms with E-state index in [9.17, 15) is 9.50 Å². The summed E-state index contributed by atoms with van der Waals surface area (Å²) in [5.41, 5.74) is 2.66. The summed E-state index contributed by atoms with van der Waals surface area (Å²) in [7, 11) is 0. The van der Waals surface area contributed by atoms with Crippen molar-refractivity contribution in [3.8, 4) is 34.4 Å². The molecule has 0 unspecified atom stereocenters. The number of aromatic nitrogens is 4. The molecule has 2 aromatic carbocycles. The standard InChI is InChI=1S/C22H19FN4O2/c1-15(13-28)27-14-25-20(16-7-9-17(23)10-8-16)21(27)19-11-12-24-22(26-19)29-18-5-3-2-4-6-18/h2-12,14-15,28H,13H2,1H3/t15-/m1/s1. The second-order valence-corrected chi connectivity index (χ2v) is 6.53. The summed E-state index contributed by atoms with van der Waals surface area (Å²) in [6, 6.07) is 17.1. The summed E-state index contributed by atoms with van der Waals surface area (Å²) in [5, 5.41) is 9.67. The van der Waals surface area contributed by atoms with Crippen LogP contribution in [-0.2, 0) is 0 Å². The van der Waals surface area contributed by atoms with Crippen LogP contribution in [0.2, 0.25) is 0 Å². The van der Waals surface area contributed by atoms with Gasteiger partial charge in [0.05, 0.1) is 36.1 Å². The second-order valence-electron chi connectivity index (χ2n) is 6.53. The van der Waals surface area contributed by atoms with Crippen LogP contribution >= 0.6 is 0 Å². The van der Waals surface area contributed by atoms with Crippen molar-refractivity contribution in [1.29, 1.82) is 0 Å². The summed E-state index contributed by atoms with van der Waals surface area (Å²) < 4.78 is 21.0. The van der Waals surface area contributed by atoms with Crippen molar-refractivity contribution < 1.29 is 14.2 Å². The highest BCUT2D eigenvalue weighted by molar-refractivity contribution is 5.77. The zero-order chi connectivity index (χ0) is 20.2. The molecule has 0 saturated carbocycles. The molecule has 0 radical (unpaired) electrons. The summed E-state index contributed by atoms with van der Waals surface area (Å²) in [6.07, 6.45) is 3.25. The minimum absolute atomic E-state index is 0.0648. The molecule has 0 amide bonds. The Morgan fingerprint density at radius 1 is 1.03 bits per heavy atom. The number of rotatable bonds is 6. The van der Waals surface area contributed by atoms with Gasteiger partial charge in [0.2, 0.25) is 0 Å². The maximum atomic E-state index is 13.4. The van der Waals surface area contributed by atoms with E-state index in [1.165, 1.54) is 12.1 Å². The normalized spacial score (nSPS) is 12.0. The lowest BCUT2D eigenvalue weighted by Gasteiger charge is -2.15. The largest absolute Gasteiger partial charge is 0.424 e. The topological polar surface area (TPSA) is 73.1 Å². The van der Waals surface area contributed by atoms with Gasteiger partial charge in [0.15, 0.2) is 0 Å². The first-order chi connectivity index (χ1) is 14.2. The number of hydrogen-bond donors (Lipinski definition) is 1. The van der Waals surface area contributed by atoms with Crippen LogP contribution in [0.1, 0.15) is 13.0 Å². The Kier molecular flexibility index (Phi) is 5.31. The van der Waals surface area contributed by atoms with Gasteiger partial charge in [0, 0.05) is 11.8 Å². The van der Waals surface area contributed by atoms with Crippen LogP contribution in [0.15, 0.2) is 73.2 Å². The van der Waals surface area contributed by atoms with Crippen molar-refractivity contribution in [2.75, 3.05) is 6.61 Å². The van der Waals surface area contributed by atoms with Crippen LogP contribution < -0.4 is 4.74 Å². The number of benzene rings is 2. The lowest BCUT2D eigenvalue weighted by Crippen LogP contribution is -2.10. The van der Waals surface area contributed by atoms with Crippen LogP contribution in [0, 0.1) is 5.82 Å². The van der Waals surface area contributed by atoms with E-state index < -0.39 is 0 Å². The molecule has 7 heteroatoms. The molecular formula is C22H19FN4O2. The van der Waals surface area contributed by atoms with E-state index in [1.54, 1.807) is 30.7 Å². The zero-order valence-electron chi connectivity index (χ0n) is 15.7.